The number of rotatable bonds is 1. The molecule has 1 atom stereocenters. The lowest BCUT2D eigenvalue weighted by molar-refractivity contribution is 0.225. The summed E-state index contributed by atoms with van der Waals surface area (Å²) >= 11 is 0. The molecule has 1 unspecified atom stereocenters. The SMILES string of the molecule is Cc1c(C2CN=C(N)O2)cnn1C. The van der Waals surface area contributed by atoms with Crippen LogP contribution in [0, 0.1) is 6.92 Å². The quantitative estimate of drug-likeness (QED) is 0.667. The Bertz CT molecular complexity index is 355. The molecule has 2 heterocycles. The van der Waals surface area contributed by atoms with Gasteiger partial charge < -0.3 is 10.5 Å². The fourth-order valence-corrected chi connectivity index (χ4v) is 1.39. The predicted molar refractivity (Wildman–Crippen MR) is 48.3 cm³/mol. The summed E-state index contributed by atoms with van der Waals surface area (Å²) in [5.74, 6) is 0. The summed E-state index contributed by atoms with van der Waals surface area (Å²) in [5.41, 5.74) is 7.57. The van der Waals surface area contributed by atoms with Gasteiger partial charge in [-0.2, -0.15) is 5.10 Å². The van der Waals surface area contributed by atoms with E-state index in [4.69, 9.17) is 10.5 Å². The van der Waals surface area contributed by atoms with E-state index in [1.807, 2.05) is 18.7 Å². The first kappa shape index (κ1) is 8.10. The van der Waals surface area contributed by atoms with Crippen molar-refractivity contribution in [1.82, 2.24) is 9.78 Å². The van der Waals surface area contributed by atoms with Crippen LogP contribution in [0.4, 0.5) is 0 Å². The van der Waals surface area contributed by atoms with Gasteiger partial charge in [0.05, 0.1) is 12.7 Å². The van der Waals surface area contributed by atoms with Crippen molar-refractivity contribution < 1.29 is 4.74 Å². The van der Waals surface area contributed by atoms with E-state index in [9.17, 15) is 0 Å². The summed E-state index contributed by atoms with van der Waals surface area (Å²) in [6.07, 6.45) is 1.75. The first-order valence-corrected chi connectivity index (χ1v) is 4.13. The van der Waals surface area contributed by atoms with Gasteiger partial charge in [0, 0.05) is 18.3 Å². The Hall–Kier alpha value is -1.52. The zero-order valence-corrected chi connectivity index (χ0v) is 7.69. The molecule has 1 aliphatic heterocycles. The molecular weight excluding hydrogens is 168 g/mol. The van der Waals surface area contributed by atoms with Crippen molar-refractivity contribution in [1.29, 1.82) is 0 Å². The fraction of sp³-hybridized carbons (Fsp3) is 0.500. The highest BCUT2D eigenvalue weighted by Gasteiger charge is 2.23. The molecular formula is C8H12N4O. The molecule has 0 spiro atoms. The standard InChI is InChI=1S/C8H12N4O/c1-5-6(3-11-12(5)2)7-4-10-8(9)13-7/h3,7H,4H2,1-2H3,(H2,9,10). The second-order valence-electron chi connectivity index (χ2n) is 3.09. The van der Waals surface area contributed by atoms with Crippen molar-refractivity contribution in [3.05, 3.63) is 17.5 Å². The number of hydrogen-bond donors (Lipinski definition) is 1. The van der Waals surface area contributed by atoms with E-state index in [1.165, 1.54) is 0 Å². The van der Waals surface area contributed by atoms with Crippen molar-refractivity contribution in [2.75, 3.05) is 6.54 Å². The third kappa shape index (κ3) is 1.26. The van der Waals surface area contributed by atoms with Crippen LogP contribution in [0.25, 0.3) is 0 Å². The zero-order valence-electron chi connectivity index (χ0n) is 7.69. The smallest absolute Gasteiger partial charge is 0.282 e. The van der Waals surface area contributed by atoms with Crippen LogP contribution in [0.3, 0.4) is 0 Å². The van der Waals surface area contributed by atoms with E-state index in [1.54, 1.807) is 6.20 Å². The van der Waals surface area contributed by atoms with Gasteiger partial charge in [-0.05, 0) is 6.92 Å². The van der Waals surface area contributed by atoms with Crippen LogP contribution in [0.15, 0.2) is 11.2 Å². The summed E-state index contributed by atoms with van der Waals surface area (Å²) in [6, 6.07) is 0.272. The van der Waals surface area contributed by atoms with Crippen LogP contribution in [0.5, 0.6) is 0 Å². The number of aryl methyl sites for hydroxylation is 1. The van der Waals surface area contributed by atoms with E-state index in [0.29, 0.717) is 6.54 Å². The van der Waals surface area contributed by atoms with Gasteiger partial charge in [-0.25, -0.2) is 4.99 Å². The first-order valence-electron chi connectivity index (χ1n) is 4.13. The van der Waals surface area contributed by atoms with E-state index >= 15 is 0 Å². The number of hydrogen-bond acceptors (Lipinski definition) is 4. The number of ether oxygens (including phenoxy) is 1. The highest BCUT2D eigenvalue weighted by atomic mass is 16.5. The Morgan fingerprint density at radius 2 is 2.46 bits per heavy atom. The number of nitrogens with two attached hydrogens (primary N) is 1. The molecule has 13 heavy (non-hydrogen) atoms. The van der Waals surface area contributed by atoms with E-state index in [2.05, 4.69) is 10.1 Å². The van der Waals surface area contributed by atoms with Gasteiger partial charge in [-0.3, -0.25) is 4.68 Å². The second-order valence-corrected chi connectivity index (χ2v) is 3.09. The summed E-state index contributed by atoms with van der Waals surface area (Å²) in [6.45, 7) is 2.60. The minimum Gasteiger partial charge on any atom is -0.455 e. The normalized spacial score (nSPS) is 21.4. The molecule has 5 heteroatoms. The predicted octanol–water partition coefficient (Wildman–Crippen LogP) is 0.115. The Balaban J connectivity index is 2.23. The van der Waals surface area contributed by atoms with Crippen molar-refractivity contribution in [3.63, 3.8) is 0 Å². The molecule has 0 fully saturated rings. The molecule has 1 aromatic rings. The Morgan fingerprint density at radius 1 is 1.69 bits per heavy atom. The van der Waals surface area contributed by atoms with Crippen molar-refractivity contribution >= 4 is 6.02 Å². The maximum Gasteiger partial charge on any atom is 0.282 e. The molecule has 1 aliphatic rings. The van der Waals surface area contributed by atoms with Crippen LogP contribution in [-0.4, -0.2) is 22.3 Å². The average molecular weight is 180 g/mol. The molecule has 0 aromatic carbocycles. The topological polar surface area (TPSA) is 65.4 Å². The van der Waals surface area contributed by atoms with Crippen molar-refractivity contribution in [3.8, 4) is 0 Å². The van der Waals surface area contributed by atoms with Crippen molar-refractivity contribution in [2.24, 2.45) is 17.8 Å². The largest absolute Gasteiger partial charge is 0.455 e. The third-order valence-electron chi connectivity index (χ3n) is 2.30. The van der Waals surface area contributed by atoms with Crippen LogP contribution in [0.2, 0.25) is 0 Å². The Kier molecular flexibility index (Phi) is 1.72. The lowest BCUT2D eigenvalue weighted by atomic mass is 10.1. The molecule has 0 aliphatic carbocycles. The van der Waals surface area contributed by atoms with E-state index in [0.717, 1.165) is 11.3 Å². The monoisotopic (exact) mass is 180 g/mol. The lowest BCUT2D eigenvalue weighted by Crippen LogP contribution is -2.13. The highest BCUT2D eigenvalue weighted by molar-refractivity contribution is 5.73. The van der Waals surface area contributed by atoms with Gasteiger partial charge >= 0.3 is 0 Å². The maximum atomic E-state index is 5.42. The van der Waals surface area contributed by atoms with Crippen LogP contribution in [0.1, 0.15) is 17.4 Å². The Labute approximate surface area is 76.2 Å². The highest BCUT2D eigenvalue weighted by Crippen LogP contribution is 2.23. The molecule has 0 amide bonds. The van der Waals surface area contributed by atoms with E-state index < -0.39 is 0 Å². The van der Waals surface area contributed by atoms with Crippen LogP contribution in [-0.2, 0) is 11.8 Å². The first-order chi connectivity index (χ1) is 6.18. The minimum atomic E-state index is -0.0475. The second kappa shape index (κ2) is 2.76. The summed E-state index contributed by atoms with van der Waals surface area (Å²) < 4.78 is 7.13. The van der Waals surface area contributed by atoms with Crippen LogP contribution < -0.4 is 5.73 Å². The number of amidine groups is 1. The van der Waals surface area contributed by atoms with Gasteiger partial charge in [0.15, 0.2) is 0 Å². The van der Waals surface area contributed by atoms with Gasteiger partial charge in [-0.15, -0.1) is 0 Å². The molecule has 5 nitrogen and oxygen atoms in total. The van der Waals surface area contributed by atoms with Crippen molar-refractivity contribution in [2.45, 2.75) is 13.0 Å². The molecule has 1 aromatic heterocycles. The molecule has 70 valence electrons. The number of aliphatic imine (C=N–C) groups is 1. The summed E-state index contributed by atoms with van der Waals surface area (Å²) in [4.78, 5) is 3.98. The molecule has 2 N–H and O–H groups in total. The number of nitrogens with zero attached hydrogens (tertiary/aromatic N) is 3. The third-order valence-corrected chi connectivity index (χ3v) is 2.30. The van der Waals surface area contributed by atoms with Crippen LogP contribution >= 0.6 is 0 Å². The molecule has 0 bridgehead atoms. The van der Waals surface area contributed by atoms with Gasteiger partial charge in [0.2, 0.25) is 0 Å². The maximum absolute atomic E-state index is 5.42. The lowest BCUT2D eigenvalue weighted by Gasteiger charge is -2.08. The summed E-state index contributed by atoms with van der Waals surface area (Å²) in [7, 11) is 1.90. The molecule has 0 radical (unpaired) electrons. The summed E-state index contributed by atoms with van der Waals surface area (Å²) in [5, 5.41) is 4.13. The van der Waals surface area contributed by atoms with Gasteiger partial charge in [0.25, 0.3) is 6.02 Å². The minimum absolute atomic E-state index is 0.0475. The van der Waals surface area contributed by atoms with Gasteiger partial charge in [0.1, 0.15) is 6.10 Å². The number of aromatic nitrogens is 2. The van der Waals surface area contributed by atoms with Gasteiger partial charge in [-0.1, -0.05) is 0 Å². The van der Waals surface area contributed by atoms with E-state index in [-0.39, 0.29) is 12.1 Å². The molecule has 0 saturated heterocycles. The molecule has 2 rings (SSSR count). The molecule has 0 saturated carbocycles. The Morgan fingerprint density at radius 3 is 2.92 bits per heavy atom. The average Bonchev–Trinajstić information content (AvgIpc) is 2.62. The zero-order chi connectivity index (χ0) is 9.42. The fourth-order valence-electron chi connectivity index (χ4n) is 1.39.